The van der Waals surface area contributed by atoms with E-state index in [0.717, 1.165) is 62.5 Å². The first-order valence-corrected chi connectivity index (χ1v) is 10.3. The van der Waals surface area contributed by atoms with E-state index in [1.165, 1.54) is 16.7 Å². The molecule has 28 heavy (non-hydrogen) atoms. The lowest BCUT2D eigenvalue weighted by molar-refractivity contribution is -0.120. The first kappa shape index (κ1) is 17.6. The minimum atomic E-state index is 0.199. The van der Waals surface area contributed by atoms with E-state index in [9.17, 15) is 4.79 Å². The van der Waals surface area contributed by atoms with Crippen molar-refractivity contribution in [1.29, 1.82) is 0 Å². The highest BCUT2D eigenvalue weighted by Crippen LogP contribution is 2.35. The van der Waals surface area contributed by atoms with Gasteiger partial charge in [-0.1, -0.05) is 18.2 Å². The zero-order valence-electron chi connectivity index (χ0n) is 16.2. The summed E-state index contributed by atoms with van der Waals surface area (Å²) >= 11 is 0. The fourth-order valence-corrected chi connectivity index (χ4v) is 4.48. The molecule has 0 saturated heterocycles. The molecule has 0 bridgehead atoms. The number of rotatable bonds is 2. The van der Waals surface area contributed by atoms with Crippen LogP contribution in [0.4, 0.5) is 5.69 Å². The van der Waals surface area contributed by atoms with Gasteiger partial charge in [0.2, 0.25) is 5.91 Å². The monoisotopic (exact) mass is 378 g/mol. The van der Waals surface area contributed by atoms with E-state index in [1.54, 1.807) is 0 Å². The van der Waals surface area contributed by atoms with Crippen LogP contribution >= 0.6 is 0 Å². The van der Waals surface area contributed by atoms with Gasteiger partial charge in [0, 0.05) is 31.7 Å². The van der Waals surface area contributed by atoms with Gasteiger partial charge in [-0.2, -0.15) is 0 Å². The quantitative estimate of drug-likeness (QED) is 0.805. The van der Waals surface area contributed by atoms with Crippen molar-refractivity contribution in [2.24, 2.45) is 0 Å². The minimum Gasteiger partial charge on any atom is -0.490 e. The Morgan fingerprint density at radius 2 is 1.68 bits per heavy atom. The molecule has 5 rings (SSSR count). The third-order valence-electron chi connectivity index (χ3n) is 5.93. The predicted molar refractivity (Wildman–Crippen MR) is 108 cm³/mol. The summed E-state index contributed by atoms with van der Waals surface area (Å²) in [6.07, 6.45) is 3.95. The molecule has 3 aliphatic rings. The van der Waals surface area contributed by atoms with E-state index in [0.29, 0.717) is 19.8 Å². The Bertz CT molecular complexity index is 895. The van der Waals surface area contributed by atoms with Gasteiger partial charge in [0.1, 0.15) is 0 Å². The van der Waals surface area contributed by atoms with Gasteiger partial charge >= 0.3 is 0 Å². The molecule has 2 aromatic carbocycles. The number of benzene rings is 2. The van der Waals surface area contributed by atoms with Gasteiger partial charge < -0.3 is 14.4 Å². The van der Waals surface area contributed by atoms with E-state index in [2.05, 4.69) is 35.2 Å². The lowest BCUT2D eigenvalue weighted by atomic mass is 9.98. The van der Waals surface area contributed by atoms with Crippen LogP contribution in [0.25, 0.3) is 0 Å². The fraction of sp³-hybridized carbons (Fsp3) is 0.435. The van der Waals surface area contributed by atoms with Crippen molar-refractivity contribution in [3.05, 3.63) is 53.1 Å². The molecule has 146 valence electrons. The Kier molecular flexibility index (Phi) is 4.69. The van der Waals surface area contributed by atoms with Crippen LogP contribution in [0.3, 0.4) is 0 Å². The molecule has 5 heteroatoms. The average molecular weight is 378 g/mol. The highest BCUT2D eigenvalue weighted by molar-refractivity contribution is 5.96. The number of hydrogen-bond acceptors (Lipinski definition) is 4. The minimum absolute atomic E-state index is 0.199. The van der Waals surface area contributed by atoms with Gasteiger partial charge in [-0.15, -0.1) is 0 Å². The van der Waals surface area contributed by atoms with E-state index >= 15 is 0 Å². The van der Waals surface area contributed by atoms with Crippen molar-refractivity contribution >= 4 is 11.6 Å². The van der Waals surface area contributed by atoms with Gasteiger partial charge in [0.15, 0.2) is 11.5 Å². The van der Waals surface area contributed by atoms with Crippen molar-refractivity contribution in [1.82, 2.24) is 4.90 Å². The molecule has 0 fully saturated rings. The van der Waals surface area contributed by atoms with Gasteiger partial charge in [-0.05, 0) is 54.2 Å². The van der Waals surface area contributed by atoms with E-state index in [-0.39, 0.29) is 5.91 Å². The Labute approximate surface area is 165 Å². The SMILES string of the molecule is O=C(CN1CCc2cc3c(cc2C1)OCCCO3)N1CCCc2ccccc21. The second kappa shape index (κ2) is 7.47. The number of hydrogen-bond donors (Lipinski definition) is 0. The van der Waals surface area contributed by atoms with Crippen LogP contribution in [0.5, 0.6) is 11.5 Å². The van der Waals surface area contributed by atoms with Crippen LogP contribution in [0.2, 0.25) is 0 Å². The van der Waals surface area contributed by atoms with Crippen molar-refractivity contribution in [2.45, 2.75) is 32.2 Å². The molecular weight excluding hydrogens is 352 g/mol. The average Bonchev–Trinajstić information content (AvgIpc) is 2.96. The maximum Gasteiger partial charge on any atom is 0.241 e. The Hall–Kier alpha value is -2.53. The third-order valence-corrected chi connectivity index (χ3v) is 5.93. The summed E-state index contributed by atoms with van der Waals surface area (Å²) < 4.78 is 11.7. The van der Waals surface area contributed by atoms with Crippen molar-refractivity contribution < 1.29 is 14.3 Å². The van der Waals surface area contributed by atoms with Crippen LogP contribution in [0.15, 0.2) is 36.4 Å². The van der Waals surface area contributed by atoms with Crippen LogP contribution in [0.1, 0.15) is 29.5 Å². The molecule has 0 unspecified atom stereocenters. The standard InChI is InChI=1S/C23H26N2O3/c26-23(25-9-3-6-17-5-1-2-7-20(17)25)16-24-10-8-18-13-21-22(14-19(18)15-24)28-12-4-11-27-21/h1-2,5,7,13-14H,3-4,6,8-12,15-16H2. The maximum absolute atomic E-state index is 13.1. The highest BCUT2D eigenvalue weighted by Gasteiger charge is 2.26. The Morgan fingerprint density at radius 1 is 0.893 bits per heavy atom. The van der Waals surface area contributed by atoms with Gasteiger partial charge in [0.25, 0.3) is 0 Å². The normalized spacial score (nSPS) is 18.8. The van der Waals surface area contributed by atoms with Crippen molar-refractivity contribution in [2.75, 3.05) is 37.7 Å². The first-order chi connectivity index (χ1) is 13.8. The summed E-state index contributed by atoms with van der Waals surface area (Å²) in [6.45, 7) is 4.37. The predicted octanol–water partition coefficient (Wildman–Crippen LogP) is 3.19. The number of anilines is 1. The zero-order chi connectivity index (χ0) is 18.9. The molecule has 0 aliphatic carbocycles. The van der Waals surface area contributed by atoms with Gasteiger partial charge in [0.05, 0.1) is 19.8 Å². The van der Waals surface area contributed by atoms with Gasteiger partial charge in [-0.25, -0.2) is 0 Å². The van der Waals surface area contributed by atoms with Crippen LogP contribution in [-0.2, 0) is 24.2 Å². The van der Waals surface area contributed by atoms with E-state index < -0.39 is 0 Å². The summed E-state index contributed by atoms with van der Waals surface area (Å²) in [7, 11) is 0. The molecule has 2 aromatic rings. The molecule has 0 saturated carbocycles. The number of aryl methyl sites for hydroxylation is 1. The lowest BCUT2D eigenvalue weighted by Gasteiger charge is -2.33. The number of carbonyl (C=O) groups is 1. The van der Waals surface area contributed by atoms with Crippen LogP contribution < -0.4 is 14.4 Å². The second-order valence-electron chi connectivity index (χ2n) is 7.86. The number of ether oxygens (including phenoxy) is 2. The lowest BCUT2D eigenvalue weighted by Crippen LogP contribution is -2.44. The van der Waals surface area contributed by atoms with Crippen LogP contribution in [-0.4, -0.2) is 43.7 Å². The smallest absolute Gasteiger partial charge is 0.241 e. The number of amides is 1. The largest absolute Gasteiger partial charge is 0.490 e. The molecule has 0 atom stereocenters. The molecular formula is C23H26N2O3. The van der Waals surface area contributed by atoms with Gasteiger partial charge in [-0.3, -0.25) is 9.69 Å². The third kappa shape index (κ3) is 3.35. The Morgan fingerprint density at radius 3 is 2.54 bits per heavy atom. The summed E-state index contributed by atoms with van der Waals surface area (Å²) in [6, 6.07) is 12.5. The summed E-state index contributed by atoms with van der Waals surface area (Å²) in [5.41, 5.74) is 4.94. The number of carbonyl (C=O) groups excluding carboxylic acids is 1. The summed E-state index contributed by atoms with van der Waals surface area (Å²) in [5, 5.41) is 0. The molecule has 5 nitrogen and oxygen atoms in total. The van der Waals surface area contributed by atoms with Crippen molar-refractivity contribution in [3.8, 4) is 11.5 Å². The van der Waals surface area contributed by atoms with Crippen LogP contribution in [0, 0.1) is 0 Å². The van der Waals surface area contributed by atoms with Crippen molar-refractivity contribution in [3.63, 3.8) is 0 Å². The molecule has 0 aromatic heterocycles. The first-order valence-electron chi connectivity index (χ1n) is 10.3. The maximum atomic E-state index is 13.1. The molecule has 1 amide bonds. The summed E-state index contributed by atoms with van der Waals surface area (Å²) in [4.78, 5) is 17.3. The zero-order valence-corrected chi connectivity index (χ0v) is 16.2. The summed E-state index contributed by atoms with van der Waals surface area (Å²) in [5.74, 6) is 1.91. The topological polar surface area (TPSA) is 42.0 Å². The number of fused-ring (bicyclic) bond motifs is 3. The Balaban J connectivity index is 1.31. The van der Waals surface area contributed by atoms with E-state index in [4.69, 9.17) is 9.47 Å². The highest BCUT2D eigenvalue weighted by atomic mass is 16.5. The molecule has 0 N–H and O–H groups in total. The van der Waals surface area contributed by atoms with E-state index in [1.807, 2.05) is 11.0 Å². The second-order valence-corrected chi connectivity index (χ2v) is 7.86. The molecule has 0 spiro atoms. The molecule has 3 aliphatic heterocycles. The number of para-hydroxylation sites is 1. The number of nitrogens with zero attached hydrogens (tertiary/aromatic N) is 2. The molecule has 0 radical (unpaired) electrons. The fourth-order valence-electron chi connectivity index (χ4n) is 4.48. The molecule has 3 heterocycles.